The summed E-state index contributed by atoms with van der Waals surface area (Å²) in [6.45, 7) is 3.98. The van der Waals surface area contributed by atoms with Crippen LogP contribution in [0.5, 0.6) is 0 Å². The second kappa shape index (κ2) is 6.76. The van der Waals surface area contributed by atoms with Gasteiger partial charge in [0.15, 0.2) is 0 Å². The third kappa shape index (κ3) is 3.73. The second-order valence-electron chi connectivity index (χ2n) is 5.15. The maximum Gasteiger partial charge on any atom is 0.253 e. The number of halogens is 2. The van der Waals surface area contributed by atoms with Crippen molar-refractivity contribution in [2.45, 2.75) is 32.6 Å². The lowest BCUT2D eigenvalue weighted by Gasteiger charge is -2.32. The molecular weight excluding hydrogens is 326 g/mol. The molecule has 2 rings (SSSR count). The van der Waals surface area contributed by atoms with E-state index in [0.29, 0.717) is 10.6 Å². The number of hydrogen-bond donors (Lipinski definition) is 0. The third-order valence-electron chi connectivity index (χ3n) is 3.77. The topological polar surface area (TPSA) is 20.3 Å². The van der Waals surface area contributed by atoms with Crippen molar-refractivity contribution in [3.8, 4) is 0 Å². The van der Waals surface area contributed by atoms with E-state index in [-0.39, 0.29) is 5.91 Å². The van der Waals surface area contributed by atoms with Crippen LogP contribution < -0.4 is 0 Å². The molecular formula is C15H19BrClNO. The molecule has 19 heavy (non-hydrogen) atoms. The smallest absolute Gasteiger partial charge is 0.253 e. The van der Waals surface area contributed by atoms with Gasteiger partial charge in [-0.3, -0.25) is 4.79 Å². The summed E-state index contributed by atoms with van der Waals surface area (Å²) in [6, 6.07) is 5.37. The molecule has 1 aliphatic rings. The fourth-order valence-corrected chi connectivity index (χ4v) is 3.14. The van der Waals surface area contributed by atoms with E-state index in [0.717, 1.165) is 36.3 Å². The van der Waals surface area contributed by atoms with E-state index >= 15 is 0 Å². The molecule has 2 nitrogen and oxygen atoms in total. The normalized spacial score (nSPS) is 16.7. The zero-order valence-electron chi connectivity index (χ0n) is 11.2. The maximum atomic E-state index is 12.4. The standard InChI is InChI=1S/C15H19BrClNO/c1-2-3-11-6-8-18(9-7-11)15(19)12-4-5-14(17)13(16)10-12/h4-5,10-11H,2-3,6-9H2,1H3. The Morgan fingerprint density at radius 2 is 2.11 bits per heavy atom. The number of hydrogen-bond acceptors (Lipinski definition) is 1. The fraction of sp³-hybridized carbons (Fsp3) is 0.533. The Hall–Kier alpha value is -0.540. The number of benzene rings is 1. The highest BCUT2D eigenvalue weighted by molar-refractivity contribution is 9.10. The van der Waals surface area contributed by atoms with Gasteiger partial charge in [-0.2, -0.15) is 0 Å². The quantitative estimate of drug-likeness (QED) is 0.774. The number of piperidine rings is 1. The molecule has 1 aromatic carbocycles. The van der Waals surface area contributed by atoms with Crippen molar-refractivity contribution >= 4 is 33.4 Å². The van der Waals surface area contributed by atoms with Crippen LogP contribution in [0.15, 0.2) is 22.7 Å². The first kappa shape index (κ1) is 14.9. The second-order valence-corrected chi connectivity index (χ2v) is 6.41. The molecule has 1 saturated heterocycles. The van der Waals surface area contributed by atoms with Gasteiger partial charge in [0.1, 0.15) is 0 Å². The van der Waals surface area contributed by atoms with Gasteiger partial charge in [0.05, 0.1) is 5.02 Å². The summed E-state index contributed by atoms with van der Waals surface area (Å²) in [5.74, 6) is 0.915. The molecule has 4 heteroatoms. The van der Waals surface area contributed by atoms with Crippen LogP contribution in [0.3, 0.4) is 0 Å². The average molecular weight is 345 g/mol. The number of nitrogens with zero attached hydrogens (tertiary/aromatic N) is 1. The number of carbonyl (C=O) groups excluding carboxylic acids is 1. The van der Waals surface area contributed by atoms with Gasteiger partial charge in [0, 0.05) is 23.1 Å². The first-order valence-electron chi connectivity index (χ1n) is 6.86. The SMILES string of the molecule is CCCC1CCN(C(=O)c2ccc(Cl)c(Br)c2)CC1. The van der Waals surface area contributed by atoms with E-state index in [1.807, 2.05) is 11.0 Å². The van der Waals surface area contributed by atoms with Crippen LogP contribution in [0.2, 0.25) is 5.02 Å². The van der Waals surface area contributed by atoms with Gasteiger partial charge in [-0.25, -0.2) is 0 Å². The molecule has 0 saturated carbocycles. The molecule has 0 N–H and O–H groups in total. The van der Waals surface area contributed by atoms with E-state index in [4.69, 9.17) is 11.6 Å². The van der Waals surface area contributed by atoms with Crippen LogP contribution in [0.1, 0.15) is 43.0 Å². The van der Waals surface area contributed by atoms with Crippen molar-refractivity contribution in [3.05, 3.63) is 33.3 Å². The monoisotopic (exact) mass is 343 g/mol. The number of amides is 1. The summed E-state index contributed by atoms with van der Waals surface area (Å²) < 4.78 is 0.779. The van der Waals surface area contributed by atoms with Crippen molar-refractivity contribution in [3.63, 3.8) is 0 Å². The van der Waals surface area contributed by atoms with Gasteiger partial charge >= 0.3 is 0 Å². The molecule has 1 aliphatic heterocycles. The van der Waals surface area contributed by atoms with E-state index in [1.165, 1.54) is 12.8 Å². The van der Waals surface area contributed by atoms with Gasteiger partial charge < -0.3 is 4.90 Å². The molecule has 0 aromatic heterocycles. The first-order chi connectivity index (χ1) is 9.11. The Bertz CT molecular complexity index is 455. The predicted octanol–water partition coefficient (Wildman–Crippen LogP) is 4.75. The van der Waals surface area contributed by atoms with Crippen LogP contribution in [-0.2, 0) is 0 Å². The first-order valence-corrected chi connectivity index (χ1v) is 8.03. The molecule has 0 bridgehead atoms. The maximum absolute atomic E-state index is 12.4. The summed E-state index contributed by atoms with van der Waals surface area (Å²) >= 11 is 9.32. The number of likely N-dealkylation sites (tertiary alicyclic amines) is 1. The zero-order chi connectivity index (χ0) is 13.8. The molecule has 1 amide bonds. The minimum absolute atomic E-state index is 0.118. The molecule has 0 unspecified atom stereocenters. The summed E-state index contributed by atoms with van der Waals surface area (Å²) in [5, 5.41) is 0.637. The molecule has 1 fully saturated rings. The van der Waals surface area contributed by atoms with Crippen molar-refractivity contribution in [2.24, 2.45) is 5.92 Å². The van der Waals surface area contributed by atoms with Crippen molar-refractivity contribution in [2.75, 3.05) is 13.1 Å². The molecule has 0 spiro atoms. The van der Waals surface area contributed by atoms with Gasteiger partial charge in [0.25, 0.3) is 5.91 Å². The summed E-state index contributed by atoms with van der Waals surface area (Å²) in [4.78, 5) is 14.3. The Morgan fingerprint density at radius 1 is 1.42 bits per heavy atom. The Morgan fingerprint density at radius 3 is 2.68 bits per heavy atom. The van der Waals surface area contributed by atoms with E-state index in [1.54, 1.807) is 12.1 Å². The fourth-order valence-electron chi connectivity index (χ4n) is 2.64. The highest BCUT2D eigenvalue weighted by Crippen LogP contribution is 2.26. The predicted molar refractivity (Wildman–Crippen MR) is 82.7 cm³/mol. The van der Waals surface area contributed by atoms with E-state index in [2.05, 4.69) is 22.9 Å². The summed E-state index contributed by atoms with van der Waals surface area (Å²) in [5.41, 5.74) is 0.713. The lowest BCUT2D eigenvalue weighted by atomic mass is 9.92. The Balaban J connectivity index is 1.99. The van der Waals surface area contributed by atoms with Gasteiger partial charge in [0.2, 0.25) is 0 Å². The van der Waals surface area contributed by atoms with E-state index in [9.17, 15) is 4.79 Å². The Labute approximate surface area is 128 Å². The summed E-state index contributed by atoms with van der Waals surface area (Å²) in [7, 11) is 0. The summed E-state index contributed by atoms with van der Waals surface area (Å²) in [6.07, 6.45) is 4.79. The van der Waals surface area contributed by atoms with Crippen LogP contribution >= 0.6 is 27.5 Å². The highest BCUT2D eigenvalue weighted by atomic mass is 79.9. The van der Waals surface area contributed by atoms with E-state index < -0.39 is 0 Å². The third-order valence-corrected chi connectivity index (χ3v) is 4.98. The lowest BCUT2D eigenvalue weighted by molar-refractivity contribution is 0.0686. The molecule has 0 atom stereocenters. The average Bonchev–Trinajstić information content (AvgIpc) is 2.42. The molecule has 1 aromatic rings. The Kier molecular flexibility index (Phi) is 5.28. The van der Waals surface area contributed by atoms with Gasteiger partial charge in [-0.1, -0.05) is 31.4 Å². The minimum Gasteiger partial charge on any atom is -0.339 e. The van der Waals surface area contributed by atoms with Crippen LogP contribution in [-0.4, -0.2) is 23.9 Å². The largest absolute Gasteiger partial charge is 0.339 e. The number of carbonyl (C=O) groups is 1. The lowest BCUT2D eigenvalue weighted by Crippen LogP contribution is -2.38. The molecule has 104 valence electrons. The highest BCUT2D eigenvalue weighted by Gasteiger charge is 2.23. The molecule has 0 radical (unpaired) electrons. The van der Waals surface area contributed by atoms with Crippen molar-refractivity contribution < 1.29 is 4.79 Å². The zero-order valence-corrected chi connectivity index (χ0v) is 13.5. The van der Waals surface area contributed by atoms with Gasteiger partial charge in [-0.05, 0) is 52.9 Å². The van der Waals surface area contributed by atoms with Crippen molar-refractivity contribution in [1.82, 2.24) is 4.90 Å². The van der Waals surface area contributed by atoms with Crippen LogP contribution in [0.4, 0.5) is 0 Å². The minimum atomic E-state index is 0.118. The molecule has 1 heterocycles. The molecule has 0 aliphatic carbocycles. The van der Waals surface area contributed by atoms with Crippen molar-refractivity contribution in [1.29, 1.82) is 0 Å². The van der Waals surface area contributed by atoms with Crippen LogP contribution in [0, 0.1) is 5.92 Å². The number of rotatable bonds is 3. The van der Waals surface area contributed by atoms with Crippen LogP contribution in [0.25, 0.3) is 0 Å². The van der Waals surface area contributed by atoms with Gasteiger partial charge in [-0.15, -0.1) is 0 Å².